The molecule has 3 aromatic carbocycles. The molecule has 0 saturated heterocycles. The molecule has 0 bridgehead atoms. The van der Waals surface area contributed by atoms with Crippen molar-refractivity contribution in [3.05, 3.63) is 191 Å². The molecule has 3 aromatic rings. The molecule has 1 unspecified atom stereocenters. The van der Waals surface area contributed by atoms with E-state index in [1.165, 1.54) is 17.3 Å². The van der Waals surface area contributed by atoms with Crippen molar-refractivity contribution < 1.29 is 22.7 Å². The van der Waals surface area contributed by atoms with Crippen LogP contribution < -0.4 is 16.9 Å². The molecule has 0 radical (unpaired) electrons. The van der Waals surface area contributed by atoms with Gasteiger partial charge in [-0.15, -0.1) is 0 Å². The van der Waals surface area contributed by atoms with Crippen LogP contribution in [-0.2, 0) is 10.3 Å². The van der Waals surface area contributed by atoms with Crippen molar-refractivity contribution in [2.24, 2.45) is 17.0 Å². The number of benzene rings is 3. The topological polar surface area (TPSA) is 93.6 Å². The summed E-state index contributed by atoms with van der Waals surface area (Å²) in [5.74, 6) is 7.21. The van der Waals surface area contributed by atoms with Gasteiger partial charge >= 0.3 is 12.3 Å². The average molecular weight is 739 g/mol. The highest BCUT2D eigenvalue weighted by atomic mass is 19.4. The maximum atomic E-state index is 15.0. The number of carbonyl (C=O) groups is 1. The highest BCUT2D eigenvalue weighted by molar-refractivity contribution is 5.68. The van der Waals surface area contributed by atoms with Crippen LogP contribution in [0.15, 0.2) is 175 Å². The molecule has 286 valence electrons. The first kappa shape index (κ1) is 42.9. The van der Waals surface area contributed by atoms with E-state index >= 15 is 13.2 Å². The second-order valence-corrected chi connectivity index (χ2v) is 14.1. The summed E-state index contributed by atoms with van der Waals surface area (Å²) in [7, 11) is 0. The number of nitrogens with two attached hydrogens (primary N) is 2. The van der Waals surface area contributed by atoms with Crippen LogP contribution in [0.3, 0.4) is 0 Å². The van der Waals surface area contributed by atoms with Crippen LogP contribution >= 0.6 is 0 Å². The number of amides is 1. The summed E-state index contributed by atoms with van der Waals surface area (Å²) in [6.07, 6.45) is 2.65. The molecule has 6 nitrogen and oxygen atoms in total. The lowest BCUT2D eigenvalue weighted by Gasteiger charge is -2.45. The first-order valence-corrected chi connectivity index (χ1v) is 17.7. The van der Waals surface area contributed by atoms with Gasteiger partial charge in [-0.05, 0) is 79.8 Å². The van der Waals surface area contributed by atoms with Crippen LogP contribution in [0.5, 0.6) is 0 Å². The molecule has 54 heavy (non-hydrogen) atoms. The van der Waals surface area contributed by atoms with E-state index in [2.05, 4.69) is 25.1 Å². The van der Waals surface area contributed by atoms with Gasteiger partial charge in [0.15, 0.2) is 0 Å². The molecular weight excluding hydrogens is 686 g/mol. The summed E-state index contributed by atoms with van der Waals surface area (Å²) < 4.78 is 50.5. The fraction of sp³-hybridized carbons (Fsp3) is 0.267. The van der Waals surface area contributed by atoms with Gasteiger partial charge < -0.3 is 15.8 Å². The Morgan fingerprint density at radius 2 is 1.33 bits per heavy atom. The fourth-order valence-electron chi connectivity index (χ4n) is 6.31. The third-order valence-corrected chi connectivity index (χ3v) is 9.34. The maximum absolute atomic E-state index is 15.0. The lowest BCUT2D eigenvalue weighted by molar-refractivity contribution is -0.0891. The van der Waals surface area contributed by atoms with Crippen LogP contribution in [0.4, 0.5) is 18.0 Å². The number of carbonyl (C=O) groups excluding carboxylic acids is 1. The number of hydrogen-bond donors (Lipinski definition) is 3. The summed E-state index contributed by atoms with van der Waals surface area (Å²) in [6.45, 7) is 22.9. The monoisotopic (exact) mass is 738 g/mol. The zero-order chi connectivity index (χ0) is 40.3. The molecule has 0 aliphatic heterocycles. The van der Waals surface area contributed by atoms with Gasteiger partial charge in [0, 0.05) is 17.5 Å². The Kier molecular flexibility index (Phi) is 14.3. The summed E-state index contributed by atoms with van der Waals surface area (Å²) in [4.78, 5) is 12.6. The number of hydrogen-bond acceptors (Lipinski definition) is 5. The van der Waals surface area contributed by atoms with E-state index in [0.717, 1.165) is 0 Å². The maximum Gasteiger partial charge on any atom is 0.416 e. The molecular formula is C45H53F3N4O2. The highest BCUT2D eigenvalue weighted by Crippen LogP contribution is 2.46. The van der Waals surface area contributed by atoms with Gasteiger partial charge in [-0.1, -0.05) is 143 Å². The number of alkyl halides is 3. The highest BCUT2D eigenvalue weighted by Gasteiger charge is 2.45. The van der Waals surface area contributed by atoms with Gasteiger partial charge in [-0.2, -0.15) is 13.2 Å². The van der Waals surface area contributed by atoms with Crippen molar-refractivity contribution in [2.75, 3.05) is 6.54 Å². The van der Waals surface area contributed by atoms with Gasteiger partial charge in [-0.25, -0.2) is 10.6 Å². The van der Waals surface area contributed by atoms with Crippen LogP contribution in [0.1, 0.15) is 64.7 Å². The number of hydrazine groups is 1. The number of allylic oxidation sites excluding steroid dienone is 7. The van der Waals surface area contributed by atoms with E-state index in [1.54, 1.807) is 45.9 Å². The molecule has 0 fully saturated rings. The van der Waals surface area contributed by atoms with Crippen LogP contribution in [0, 0.1) is 5.41 Å². The van der Waals surface area contributed by atoms with E-state index in [9.17, 15) is 4.79 Å². The minimum absolute atomic E-state index is 0.0729. The fourth-order valence-corrected chi connectivity index (χ4v) is 6.31. The first-order valence-electron chi connectivity index (χ1n) is 17.7. The molecule has 0 spiro atoms. The lowest BCUT2D eigenvalue weighted by Crippen LogP contribution is -2.52. The Morgan fingerprint density at radius 1 is 0.870 bits per heavy atom. The minimum Gasteiger partial charge on any atom is -0.444 e. The third-order valence-electron chi connectivity index (χ3n) is 9.34. The molecule has 9 heteroatoms. The molecule has 1 atom stereocenters. The number of nitrogens with zero attached hydrogens (tertiary/aromatic N) is 1. The number of alkyl carbamates (subject to hydrolysis) is 1. The SMILES string of the molecule is C=C\C(=C/C(=C\C)C(/C=C\N)=C(\C(=C)N(N)C(c1ccccc1)(c1ccccc1)c1ccccc1)C(=C)C(F)(F)F)C(C)(CC)CNC(=O)OC(C)(C)C. The van der Waals surface area contributed by atoms with Crippen molar-refractivity contribution in [1.29, 1.82) is 0 Å². The molecule has 5 N–H and O–H groups in total. The van der Waals surface area contributed by atoms with E-state index in [1.807, 2.05) is 105 Å². The smallest absolute Gasteiger partial charge is 0.416 e. The Bertz CT molecular complexity index is 1810. The predicted octanol–water partition coefficient (Wildman–Crippen LogP) is 10.6. The second-order valence-electron chi connectivity index (χ2n) is 14.1. The molecule has 0 aliphatic carbocycles. The van der Waals surface area contributed by atoms with E-state index in [0.29, 0.717) is 34.3 Å². The van der Waals surface area contributed by atoms with E-state index in [-0.39, 0.29) is 23.4 Å². The quantitative estimate of drug-likeness (QED) is 0.0625. The van der Waals surface area contributed by atoms with Crippen LogP contribution in [0.2, 0.25) is 0 Å². The van der Waals surface area contributed by atoms with Gasteiger partial charge in [0.05, 0.1) is 11.3 Å². The zero-order valence-corrected chi connectivity index (χ0v) is 32.1. The molecule has 3 rings (SSSR count). The van der Waals surface area contributed by atoms with E-state index < -0.39 is 34.4 Å². The molecule has 0 aliphatic rings. The minimum atomic E-state index is -4.89. The third kappa shape index (κ3) is 9.71. The molecule has 0 aromatic heterocycles. The second kappa shape index (κ2) is 18.0. The normalized spacial score (nSPS) is 14.5. The van der Waals surface area contributed by atoms with Crippen molar-refractivity contribution in [2.45, 2.75) is 65.3 Å². The first-order chi connectivity index (χ1) is 25.4. The summed E-state index contributed by atoms with van der Waals surface area (Å²) in [5.41, 5.74) is 4.67. The van der Waals surface area contributed by atoms with Gasteiger partial charge in [0.1, 0.15) is 11.1 Å². The molecule has 0 heterocycles. The number of nitrogens with one attached hydrogen (secondary N) is 1. The van der Waals surface area contributed by atoms with Gasteiger partial charge in [-0.3, -0.25) is 5.01 Å². The number of halogens is 3. The zero-order valence-electron chi connectivity index (χ0n) is 32.1. The van der Waals surface area contributed by atoms with Crippen LogP contribution in [0.25, 0.3) is 0 Å². The summed E-state index contributed by atoms with van der Waals surface area (Å²) in [5, 5.41) is 4.12. The standard InChI is InChI=1S/C45H53F3N4O2/c1-10-34(30-35(11-2)43(9,12-3)31-51-41(53)54-42(6,7)8)39(28-29-49)40(32(4)45(46,47)48)33(5)52(50)44(36-22-16-13-17-23-36,37-24-18-14-19-25-37)38-26-20-15-21-27-38/h10-11,13-30H,2,4-5,12,31,49-50H2,1,3,6-9H3,(H,51,53)/b29-28-,34-10+,35-30+,40-39-. The molecule has 0 saturated carbocycles. The Morgan fingerprint density at radius 3 is 1.69 bits per heavy atom. The molecule has 1 amide bonds. The van der Waals surface area contributed by atoms with Crippen molar-refractivity contribution >= 4 is 6.09 Å². The summed E-state index contributed by atoms with van der Waals surface area (Å²) in [6, 6.07) is 27.9. The Labute approximate surface area is 318 Å². The number of ether oxygens (including phenoxy) is 1. The lowest BCUT2D eigenvalue weighted by atomic mass is 9.75. The van der Waals surface area contributed by atoms with Crippen molar-refractivity contribution in [3.63, 3.8) is 0 Å². The average Bonchev–Trinajstić information content (AvgIpc) is 3.14. The predicted molar refractivity (Wildman–Crippen MR) is 215 cm³/mol. The van der Waals surface area contributed by atoms with E-state index in [4.69, 9.17) is 16.3 Å². The summed E-state index contributed by atoms with van der Waals surface area (Å²) >= 11 is 0. The van der Waals surface area contributed by atoms with Gasteiger partial charge in [0.2, 0.25) is 0 Å². The van der Waals surface area contributed by atoms with Crippen LogP contribution in [-0.4, -0.2) is 29.4 Å². The Hall–Kier alpha value is -5.54. The largest absolute Gasteiger partial charge is 0.444 e. The van der Waals surface area contributed by atoms with Gasteiger partial charge in [0.25, 0.3) is 0 Å². The number of rotatable bonds is 15. The Balaban J connectivity index is 2.40. The van der Waals surface area contributed by atoms with Crippen molar-refractivity contribution in [1.82, 2.24) is 10.3 Å². The van der Waals surface area contributed by atoms with Crippen molar-refractivity contribution in [3.8, 4) is 0 Å².